The Morgan fingerprint density at radius 1 is 1.13 bits per heavy atom. The number of nitrogens with one attached hydrogen (secondary N) is 1. The quantitative estimate of drug-likeness (QED) is 0.764. The summed E-state index contributed by atoms with van der Waals surface area (Å²) in [6, 6.07) is 2.51. The van der Waals surface area contributed by atoms with Crippen LogP contribution in [0, 0.1) is 17.5 Å². The predicted molar refractivity (Wildman–Crippen MR) is 53.2 cm³/mol. The van der Waals surface area contributed by atoms with E-state index in [1.54, 1.807) is 0 Å². The van der Waals surface area contributed by atoms with Crippen LogP contribution in [0.2, 0.25) is 0 Å². The maximum Gasteiger partial charge on any atom is 0.194 e. The highest BCUT2D eigenvalue weighted by Crippen LogP contribution is 2.15. The average molecular weight is 217 g/mol. The Kier molecular flexibility index (Phi) is 4.15. The van der Waals surface area contributed by atoms with Crippen LogP contribution in [0.1, 0.15) is 19.4 Å². The Balaban J connectivity index is 2.66. The lowest BCUT2D eigenvalue weighted by atomic mass is 10.1. The van der Waals surface area contributed by atoms with E-state index in [1.807, 2.05) is 13.8 Å². The summed E-state index contributed by atoms with van der Waals surface area (Å²) >= 11 is 0. The van der Waals surface area contributed by atoms with Crippen molar-refractivity contribution in [3.8, 4) is 0 Å². The van der Waals surface area contributed by atoms with Gasteiger partial charge in [0.2, 0.25) is 0 Å². The van der Waals surface area contributed by atoms with E-state index in [4.69, 9.17) is 0 Å². The Hall–Kier alpha value is -1.03. The molecular weight excluding hydrogens is 203 g/mol. The molecule has 0 radical (unpaired) electrons. The van der Waals surface area contributed by atoms with Crippen molar-refractivity contribution in [3.63, 3.8) is 0 Å². The Bertz CT molecular complexity index is 337. The Morgan fingerprint density at radius 3 is 2.40 bits per heavy atom. The fourth-order valence-corrected chi connectivity index (χ4v) is 1.25. The molecule has 0 bridgehead atoms. The van der Waals surface area contributed by atoms with E-state index >= 15 is 0 Å². The first-order valence-electron chi connectivity index (χ1n) is 4.88. The minimum atomic E-state index is -1.39. The summed E-state index contributed by atoms with van der Waals surface area (Å²) in [5, 5.41) is 3.07. The molecule has 0 aliphatic heterocycles. The van der Waals surface area contributed by atoms with Crippen molar-refractivity contribution in [2.45, 2.75) is 26.3 Å². The third-order valence-electron chi connectivity index (χ3n) is 2.06. The lowest BCUT2D eigenvalue weighted by molar-refractivity contribution is 0.439. The smallest absolute Gasteiger partial charge is 0.194 e. The maximum atomic E-state index is 13.1. The first kappa shape index (κ1) is 12.0. The molecule has 0 amide bonds. The van der Waals surface area contributed by atoms with Crippen molar-refractivity contribution >= 4 is 0 Å². The van der Waals surface area contributed by atoms with Crippen LogP contribution in [0.4, 0.5) is 13.2 Å². The molecule has 15 heavy (non-hydrogen) atoms. The number of hydrogen-bond donors (Lipinski definition) is 1. The molecule has 0 saturated carbocycles. The molecular formula is C11H14F3N. The fraction of sp³-hybridized carbons (Fsp3) is 0.455. The lowest BCUT2D eigenvalue weighted by Gasteiger charge is -2.08. The summed E-state index contributed by atoms with van der Waals surface area (Å²) in [6.45, 7) is 4.46. The lowest BCUT2D eigenvalue weighted by Crippen LogP contribution is -2.25. The number of hydrogen-bond acceptors (Lipinski definition) is 1. The molecule has 0 heterocycles. The van der Waals surface area contributed by atoms with E-state index in [1.165, 1.54) is 6.07 Å². The van der Waals surface area contributed by atoms with Gasteiger partial charge in [0.05, 0.1) is 0 Å². The summed E-state index contributed by atoms with van der Waals surface area (Å²) in [5.74, 6) is -3.62. The minimum Gasteiger partial charge on any atom is -0.314 e. The second kappa shape index (κ2) is 5.16. The van der Waals surface area contributed by atoms with Gasteiger partial charge < -0.3 is 5.32 Å². The molecule has 4 heteroatoms. The zero-order chi connectivity index (χ0) is 11.4. The van der Waals surface area contributed by atoms with Gasteiger partial charge in [-0.1, -0.05) is 19.9 Å². The van der Waals surface area contributed by atoms with Crippen molar-refractivity contribution in [2.75, 3.05) is 6.54 Å². The van der Waals surface area contributed by atoms with Crippen LogP contribution in [-0.2, 0) is 6.42 Å². The van der Waals surface area contributed by atoms with Gasteiger partial charge in [-0.2, -0.15) is 0 Å². The van der Waals surface area contributed by atoms with Gasteiger partial charge in [0.25, 0.3) is 0 Å². The summed E-state index contributed by atoms with van der Waals surface area (Å²) in [7, 11) is 0. The SMILES string of the molecule is CC(C)NCCc1ccc(F)c(F)c1F. The molecule has 0 unspecified atom stereocenters. The number of rotatable bonds is 4. The van der Waals surface area contributed by atoms with Crippen LogP contribution < -0.4 is 5.32 Å². The molecule has 1 nitrogen and oxygen atoms in total. The van der Waals surface area contributed by atoms with Crippen molar-refractivity contribution in [1.29, 1.82) is 0 Å². The van der Waals surface area contributed by atoms with Crippen molar-refractivity contribution in [2.24, 2.45) is 0 Å². The largest absolute Gasteiger partial charge is 0.314 e. The molecule has 0 spiro atoms. The van der Waals surface area contributed by atoms with Crippen LogP contribution in [0.3, 0.4) is 0 Å². The van der Waals surface area contributed by atoms with Gasteiger partial charge in [-0.3, -0.25) is 0 Å². The van der Waals surface area contributed by atoms with Gasteiger partial charge in [0.1, 0.15) is 0 Å². The molecule has 1 aromatic carbocycles. The zero-order valence-electron chi connectivity index (χ0n) is 8.78. The van der Waals surface area contributed by atoms with E-state index in [9.17, 15) is 13.2 Å². The Labute approximate surface area is 87.3 Å². The second-order valence-electron chi connectivity index (χ2n) is 3.69. The zero-order valence-corrected chi connectivity index (χ0v) is 8.78. The molecule has 0 aromatic heterocycles. The molecule has 1 N–H and O–H groups in total. The van der Waals surface area contributed by atoms with Gasteiger partial charge in [0.15, 0.2) is 17.5 Å². The number of benzene rings is 1. The van der Waals surface area contributed by atoms with Gasteiger partial charge >= 0.3 is 0 Å². The summed E-state index contributed by atoms with van der Waals surface area (Å²) in [6.07, 6.45) is 0.348. The monoisotopic (exact) mass is 217 g/mol. The van der Waals surface area contributed by atoms with E-state index in [0.29, 0.717) is 19.0 Å². The highest BCUT2D eigenvalue weighted by molar-refractivity contribution is 5.20. The highest BCUT2D eigenvalue weighted by atomic mass is 19.2. The minimum absolute atomic E-state index is 0.196. The third kappa shape index (κ3) is 3.23. The Morgan fingerprint density at radius 2 is 1.80 bits per heavy atom. The molecule has 84 valence electrons. The van der Waals surface area contributed by atoms with E-state index in [2.05, 4.69) is 5.32 Å². The van der Waals surface area contributed by atoms with Gasteiger partial charge in [-0.05, 0) is 24.6 Å². The van der Waals surface area contributed by atoms with Crippen LogP contribution in [0.5, 0.6) is 0 Å². The predicted octanol–water partition coefficient (Wildman–Crippen LogP) is 2.64. The van der Waals surface area contributed by atoms with E-state index in [-0.39, 0.29) is 5.56 Å². The molecule has 1 aromatic rings. The second-order valence-corrected chi connectivity index (χ2v) is 3.69. The van der Waals surface area contributed by atoms with E-state index < -0.39 is 17.5 Å². The average Bonchev–Trinajstić information content (AvgIpc) is 2.18. The van der Waals surface area contributed by atoms with Crippen LogP contribution in [0.15, 0.2) is 12.1 Å². The van der Waals surface area contributed by atoms with Crippen molar-refractivity contribution in [3.05, 3.63) is 35.1 Å². The summed E-state index contributed by atoms with van der Waals surface area (Å²) in [5.41, 5.74) is 0.196. The summed E-state index contributed by atoms with van der Waals surface area (Å²) in [4.78, 5) is 0. The first-order chi connectivity index (χ1) is 7.02. The molecule has 0 aliphatic carbocycles. The number of halogens is 3. The normalized spacial score (nSPS) is 11.1. The van der Waals surface area contributed by atoms with Gasteiger partial charge in [-0.15, -0.1) is 0 Å². The van der Waals surface area contributed by atoms with E-state index in [0.717, 1.165) is 6.07 Å². The van der Waals surface area contributed by atoms with Crippen LogP contribution in [-0.4, -0.2) is 12.6 Å². The van der Waals surface area contributed by atoms with Gasteiger partial charge in [-0.25, -0.2) is 13.2 Å². The fourth-order valence-electron chi connectivity index (χ4n) is 1.25. The summed E-state index contributed by atoms with van der Waals surface area (Å²) < 4.78 is 38.5. The molecule has 1 rings (SSSR count). The molecule has 0 aliphatic rings. The first-order valence-corrected chi connectivity index (χ1v) is 4.88. The van der Waals surface area contributed by atoms with Crippen LogP contribution >= 0.6 is 0 Å². The third-order valence-corrected chi connectivity index (χ3v) is 2.06. The molecule has 0 fully saturated rings. The topological polar surface area (TPSA) is 12.0 Å². The maximum absolute atomic E-state index is 13.1. The highest BCUT2D eigenvalue weighted by Gasteiger charge is 2.12. The van der Waals surface area contributed by atoms with Crippen LogP contribution in [0.25, 0.3) is 0 Å². The standard InChI is InChI=1S/C11H14F3N/c1-7(2)15-6-5-8-3-4-9(12)11(14)10(8)13/h3-4,7,15H,5-6H2,1-2H3. The molecule has 0 saturated heterocycles. The van der Waals surface area contributed by atoms with Crippen molar-refractivity contribution < 1.29 is 13.2 Å². The van der Waals surface area contributed by atoms with Crippen molar-refractivity contribution in [1.82, 2.24) is 5.32 Å². The van der Waals surface area contributed by atoms with Gasteiger partial charge in [0, 0.05) is 6.04 Å². The molecule has 0 atom stereocenters.